The number of β-amino-alcohol motifs (C(OH)–C–C–N with tert-alkyl or cyclic N) is 1. The molecule has 1 aromatic rings. The van der Waals surface area contributed by atoms with Crippen molar-refractivity contribution >= 4 is 0 Å². The van der Waals surface area contributed by atoms with Gasteiger partial charge in [-0.1, -0.05) is 37.3 Å². The van der Waals surface area contributed by atoms with E-state index < -0.39 is 5.60 Å². The van der Waals surface area contributed by atoms with Crippen molar-refractivity contribution in [1.29, 1.82) is 0 Å². The predicted octanol–water partition coefficient (Wildman–Crippen LogP) is 1.25. The Morgan fingerprint density at radius 2 is 2.00 bits per heavy atom. The molecule has 4 nitrogen and oxygen atoms in total. The van der Waals surface area contributed by atoms with Gasteiger partial charge in [-0.25, -0.2) is 0 Å². The van der Waals surface area contributed by atoms with Gasteiger partial charge in [0.25, 0.3) is 0 Å². The van der Waals surface area contributed by atoms with E-state index in [1.807, 2.05) is 30.3 Å². The first-order chi connectivity index (χ1) is 10.1. The lowest BCUT2D eigenvalue weighted by Crippen LogP contribution is -2.50. The Balaban J connectivity index is 2.16. The molecule has 0 aromatic heterocycles. The third kappa shape index (κ3) is 4.04. The van der Waals surface area contributed by atoms with Gasteiger partial charge < -0.3 is 15.7 Å². The van der Waals surface area contributed by atoms with Crippen molar-refractivity contribution in [2.24, 2.45) is 5.73 Å². The molecule has 3 N–H and O–H groups in total. The molecule has 1 aromatic carbocycles. The summed E-state index contributed by atoms with van der Waals surface area (Å²) in [5, 5.41) is 11.0. The molecule has 4 heteroatoms. The minimum atomic E-state index is -0.961. The summed E-state index contributed by atoms with van der Waals surface area (Å²) in [6.45, 7) is 6.30. The maximum absolute atomic E-state index is 11.0. The summed E-state index contributed by atoms with van der Waals surface area (Å²) in [5.74, 6) is 0. The molecular weight excluding hydrogens is 262 g/mol. The first-order valence-electron chi connectivity index (χ1n) is 7.99. The summed E-state index contributed by atoms with van der Waals surface area (Å²) in [6, 6.07) is 10.3. The Labute approximate surface area is 128 Å². The molecule has 1 saturated heterocycles. The average Bonchev–Trinajstić information content (AvgIpc) is 2.69. The van der Waals surface area contributed by atoms with Crippen LogP contribution < -0.4 is 5.73 Å². The van der Waals surface area contributed by atoms with Crippen LogP contribution in [0, 0.1) is 0 Å². The Morgan fingerprint density at radius 1 is 1.29 bits per heavy atom. The molecule has 21 heavy (non-hydrogen) atoms. The van der Waals surface area contributed by atoms with Crippen LogP contribution in [0.15, 0.2) is 30.3 Å². The van der Waals surface area contributed by atoms with Crippen molar-refractivity contribution in [3.05, 3.63) is 35.9 Å². The van der Waals surface area contributed by atoms with E-state index in [1.165, 1.54) is 0 Å². The van der Waals surface area contributed by atoms with Crippen LogP contribution >= 0.6 is 0 Å². The lowest BCUT2D eigenvalue weighted by atomic mass is 9.92. The summed E-state index contributed by atoms with van der Waals surface area (Å²) in [4.78, 5) is 4.81. The van der Waals surface area contributed by atoms with Crippen LogP contribution in [0.3, 0.4) is 0 Å². The van der Waals surface area contributed by atoms with Gasteiger partial charge in [0.2, 0.25) is 0 Å². The minimum absolute atomic E-state index is 0.250. The van der Waals surface area contributed by atoms with E-state index in [0.29, 0.717) is 12.6 Å². The second-order valence-electron chi connectivity index (χ2n) is 6.25. The molecule has 1 aliphatic rings. The van der Waals surface area contributed by atoms with Crippen LogP contribution in [0.5, 0.6) is 0 Å². The average molecular weight is 291 g/mol. The van der Waals surface area contributed by atoms with Gasteiger partial charge in [-0.3, -0.25) is 4.90 Å². The van der Waals surface area contributed by atoms with Crippen LogP contribution in [0.1, 0.15) is 25.3 Å². The normalized spacial score (nSPS) is 24.5. The second-order valence-corrected chi connectivity index (χ2v) is 6.25. The topological polar surface area (TPSA) is 52.7 Å². The number of likely N-dealkylation sites (N-methyl/N-ethyl adjacent to an activating group) is 1. The highest BCUT2D eigenvalue weighted by atomic mass is 16.3. The number of benzene rings is 1. The number of hydrogen-bond acceptors (Lipinski definition) is 4. The number of hydrogen-bond donors (Lipinski definition) is 2. The number of aliphatic hydroxyl groups is 1. The Bertz CT molecular complexity index is 425. The Kier molecular flexibility index (Phi) is 5.76. The molecule has 0 amide bonds. The molecule has 118 valence electrons. The van der Waals surface area contributed by atoms with Gasteiger partial charge >= 0.3 is 0 Å². The quantitative estimate of drug-likeness (QED) is 0.857. The van der Waals surface area contributed by atoms with Crippen LogP contribution in [0.25, 0.3) is 0 Å². The summed E-state index contributed by atoms with van der Waals surface area (Å²) < 4.78 is 0. The molecule has 2 unspecified atom stereocenters. The summed E-state index contributed by atoms with van der Waals surface area (Å²) in [5.41, 5.74) is 5.88. The van der Waals surface area contributed by atoms with Gasteiger partial charge in [-0.05, 0) is 38.5 Å². The van der Waals surface area contributed by atoms with E-state index in [1.54, 1.807) is 0 Å². The minimum Gasteiger partial charge on any atom is -0.382 e. The molecule has 0 spiro atoms. The third-order valence-corrected chi connectivity index (χ3v) is 4.61. The van der Waals surface area contributed by atoms with Crippen LogP contribution in [0.4, 0.5) is 0 Å². The second kappa shape index (κ2) is 7.36. The van der Waals surface area contributed by atoms with Gasteiger partial charge in [0.15, 0.2) is 0 Å². The SMILES string of the molecule is CCC1CN(C)CCCN1CC(O)(CN)c1ccccc1. The lowest BCUT2D eigenvalue weighted by molar-refractivity contribution is -0.00596. The van der Waals surface area contributed by atoms with Crippen molar-refractivity contribution in [1.82, 2.24) is 9.80 Å². The van der Waals surface area contributed by atoms with E-state index >= 15 is 0 Å². The smallest absolute Gasteiger partial charge is 0.114 e. The Morgan fingerprint density at radius 3 is 2.62 bits per heavy atom. The molecule has 0 saturated carbocycles. The van der Waals surface area contributed by atoms with Crippen molar-refractivity contribution < 1.29 is 5.11 Å². The fourth-order valence-electron chi connectivity index (χ4n) is 3.25. The van der Waals surface area contributed by atoms with E-state index in [9.17, 15) is 5.11 Å². The Hall–Kier alpha value is -0.940. The highest BCUT2D eigenvalue weighted by Gasteiger charge is 2.33. The summed E-state index contributed by atoms with van der Waals surface area (Å²) >= 11 is 0. The van der Waals surface area contributed by atoms with Gasteiger partial charge in [-0.15, -0.1) is 0 Å². The fourth-order valence-corrected chi connectivity index (χ4v) is 3.25. The van der Waals surface area contributed by atoms with Crippen molar-refractivity contribution in [2.75, 3.05) is 39.8 Å². The van der Waals surface area contributed by atoms with Crippen molar-refractivity contribution in [3.8, 4) is 0 Å². The highest BCUT2D eigenvalue weighted by molar-refractivity contribution is 5.23. The zero-order valence-corrected chi connectivity index (χ0v) is 13.3. The first-order valence-corrected chi connectivity index (χ1v) is 7.99. The predicted molar refractivity (Wildman–Crippen MR) is 87.2 cm³/mol. The first kappa shape index (κ1) is 16.4. The fraction of sp³-hybridized carbons (Fsp3) is 0.647. The van der Waals surface area contributed by atoms with Gasteiger partial charge in [-0.2, -0.15) is 0 Å². The zero-order valence-electron chi connectivity index (χ0n) is 13.3. The van der Waals surface area contributed by atoms with Crippen LogP contribution in [-0.2, 0) is 5.60 Å². The van der Waals surface area contributed by atoms with E-state index in [0.717, 1.165) is 38.0 Å². The molecule has 1 heterocycles. The lowest BCUT2D eigenvalue weighted by Gasteiger charge is -2.37. The summed E-state index contributed by atoms with van der Waals surface area (Å²) in [7, 11) is 2.18. The number of nitrogens with two attached hydrogens (primary N) is 1. The van der Waals surface area contributed by atoms with Crippen molar-refractivity contribution in [3.63, 3.8) is 0 Å². The molecule has 1 fully saturated rings. The third-order valence-electron chi connectivity index (χ3n) is 4.61. The standard InChI is InChI=1S/C17H29N3O/c1-3-16-12-19(2)10-7-11-20(16)14-17(21,13-18)15-8-5-4-6-9-15/h4-6,8-9,16,21H,3,7,10-14,18H2,1-2H3. The molecular formula is C17H29N3O. The molecule has 0 bridgehead atoms. The molecule has 0 radical (unpaired) electrons. The monoisotopic (exact) mass is 291 g/mol. The van der Waals surface area contributed by atoms with Gasteiger partial charge in [0.05, 0.1) is 0 Å². The van der Waals surface area contributed by atoms with Gasteiger partial charge in [0.1, 0.15) is 5.60 Å². The molecule has 2 atom stereocenters. The molecule has 0 aliphatic carbocycles. The molecule has 2 rings (SSSR count). The number of nitrogens with zero attached hydrogens (tertiary/aromatic N) is 2. The van der Waals surface area contributed by atoms with Crippen molar-refractivity contribution in [2.45, 2.75) is 31.4 Å². The van der Waals surface area contributed by atoms with Gasteiger partial charge in [0, 0.05) is 25.7 Å². The van der Waals surface area contributed by atoms with Crippen LogP contribution in [-0.4, -0.2) is 60.7 Å². The van der Waals surface area contributed by atoms with E-state index in [-0.39, 0.29) is 6.54 Å². The highest BCUT2D eigenvalue weighted by Crippen LogP contribution is 2.24. The number of rotatable bonds is 5. The van der Waals surface area contributed by atoms with E-state index in [4.69, 9.17) is 5.73 Å². The maximum Gasteiger partial charge on any atom is 0.114 e. The largest absolute Gasteiger partial charge is 0.382 e. The van der Waals surface area contributed by atoms with Crippen LogP contribution in [0.2, 0.25) is 0 Å². The van der Waals surface area contributed by atoms with E-state index in [2.05, 4.69) is 23.8 Å². The summed E-state index contributed by atoms with van der Waals surface area (Å²) in [6.07, 6.45) is 2.24. The molecule has 1 aliphatic heterocycles. The maximum atomic E-state index is 11.0. The zero-order chi connectivity index (χ0) is 15.3.